The summed E-state index contributed by atoms with van der Waals surface area (Å²) >= 11 is 9.48. The number of halogens is 2. The molecule has 0 amide bonds. The Hall–Kier alpha value is -1.39. The molecule has 0 saturated carbocycles. The zero-order chi connectivity index (χ0) is 14.3. The van der Waals surface area contributed by atoms with Crippen molar-refractivity contribution in [3.05, 3.63) is 51.9 Å². The molecular formula is C15H13BrClN3. The third-order valence-corrected chi connectivity index (χ3v) is 3.92. The van der Waals surface area contributed by atoms with Gasteiger partial charge in [-0.1, -0.05) is 17.7 Å². The van der Waals surface area contributed by atoms with Gasteiger partial charge < -0.3 is 0 Å². The molecule has 2 aromatic heterocycles. The lowest BCUT2D eigenvalue weighted by Gasteiger charge is -2.11. The van der Waals surface area contributed by atoms with Crippen LogP contribution in [0.15, 0.2) is 34.9 Å². The first-order valence-corrected chi connectivity index (χ1v) is 7.59. The average Bonchev–Trinajstić information content (AvgIpc) is 2.76. The molecule has 0 aliphatic carbocycles. The molecule has 2 heterocycles. The van der Waals surface area contributed by atoms with Crippen molar-refractivity contribution in [3.63, 3.8) is 0 Å². The minimum Gasteiger partial charge on any atom is -0.279 e. The Morgan fingerprint density at radius 2 is 2.05 bits per heavy atom. The number of hydrogen-bond donors (Lipinski definition) is 0. The fraction of sp³-hybridized carbons (Fsp3) is 0.200. The molecule has 0 aliphatic rings. The molecule has 0 fully saturated rings. The molecule has 1 aromatic carbocycles. The summed E-state index contributed by atoms with van der Waals surface area (Å²) in [6, 6.07) is 8.28. The van der Waals surface area contributed by atoms with Crippen LogP contribution in [0.25, 0.3) is 16.9 Å². The van der Waals surface area contributed by atoms with E-state index in [2.05, 4.69) is 57.9 Å². The lowest BCUT2D eigenvalue weighted by Crippen LogP contribution is -2.02. The zero-order valence-electron chi connectivity index (χ0n) is 11.2. The van der Waals surface area contributed by atoms with E-state index in [0.717, 1.165) is 27.1 Å². The van der Waals surface area contributed by atoms with Gasteiger partial charge in [-0.15, -0.1) is 11.6 Å². The highest BCUT2D eigenvalue weighted by molar-refractivity contribution is 9.10. The molecule has 3 nitrogen and oxygen atoms in total. The van der Waals surface area contributed by atoms with Crippen LogP contribution in [0.1, 0.15) is 17.0 Å². The van der Waals surface area contributed by atoms with Gasteiger partial charge in [0.15, 0.2) is 5.65 Å². The fourth-order valence-corrected chi connectivity index (χ4v) is 2.88. The number of aromatic nitrogens is 3. The van der Waals surface area contributed by atoms with Crippen LogP contribution >= 0.6 is 27.5 Å². The molecule has 102 valence electrons. The van der Waals surface area contributed by atoms with E-state index >= 15 is 0 Å². The van der Waals surface area contributed by atoms with Gasteiger partial charge in [0.1, 0.15) is 11.3 Å². The second kappa shape index (κ2) is 5.19. The summed E-state index contributed by atoms with van der Waals surface area (Å²) in [4.78, 5) is 9.05. The van der Waals surface area contributed by atoms with E-state index in [1.54, 1.807) is 6.20 Å². The Bertz CT molecular complexity index is 795. The highest BCUT2D eigenvalue weighted by Gasteiger charge is 2.14. The third-order valence-electron chi connectivity index (χ3n) is 3.25. The predicted octanol–water partition coefficient (Wildman–Crippen LogP) is 4.54. The molecule has 20 heavy (non-hydrogen) atoms. The minimum atomic E-state index is 0.349. The number of pyridine rings is 1. The van der Waals surface area contributed by atoms with E-state index in [0.29, 0.717) is 5.88 Å². The number of rotatable bonds is 2. The summed E-state index contributed by atoms with van der Waals surface area (Å²) in [6.45, 7) is 4.17. The molecule has 0 saturated heterocycles. The van der Waals surface area contributed by atoms with Crippen molar-refractivity contribution in [1.29, 1.82) is 0 Å². The highest BCUT2D eigenvalue weighted by Crippen LogP contribution is 2.25. The normalized spacial score (nSPS) is 11.2. The van der Waals surface area contributed by atoms with Gasteiger partial charge in [-0.25, -0.2) is 9.97 Å². The van der Waals surface area contributed by atoms with Crippen LogP contribution in [-0.4, -0.2) is 14.5 Å². The SMILES string of the molecule is Cc1ccc(-n2c(CCl)nc3cc(Br)cnc32)c(C)c1. The second-order valence-corrected chi connectivity index (χ2v) is 5.97. The monoisotopic (exact) mass is 349 g/mol. The van der Waals surface area contributed by atoms with Gasteiger partial charge >= 0.3 is 0 Å². The summed E-state index contributed by atoms with van der Waals surface area (Å²) < 4.78 is 2.94. The number of aryl methyl sites for hydroxylation is 2. The Balaban J connectivity index is 2.34. The number of imidazole rings is 1. The fourth-order valence-electron chi connectivity index (χ4n) is 2.39. The molecule has 0 radical (unpaired) electrons. The van der Waals surface area contributed by atoms with Gasteiger partial charge in [0.05, 0.1) is 11.6 Å². The molecule has 0 N–H and O–H groups in total. The van der Waals surface area contributed by atoms with Crippen molar-refractivity contribution < 1.29 is 0 Å². The van der Waals surface area contributed by atoms with E-state index in [1.165, 1.54) is 11.1 Å². The Morgan fingerprint density at radius 1 is 1.25 bits per heavy atom. The first-order chi connectivity index (χ1) is 9.60. The Labute approximate surface area is 130 Å². The van der Waals surface area contributed by atoms with E-state index in [9.17, 15) is 0 Å². The molecule has 0 atom stereocenters. The Kier molecular flexibility index (Phi) is 3.52. The summed E-state index contributed by atoms with van der Waals surface area (Å²) in [5, 5.41) is 0. The molecule has 0 unspecified atom stereocenters. The quantitative estimate of drug-likeness (QED) is 0.635. The lowest BCUT2D eigenvalue weighted by atomic mass is 10.1. The minimum absolute atomic E-state index is 0.349. The number of alkyl halides is 1. The van der Waals surface area contributed by atoms with Gasteiger partial charge in [0.25, 0.3) is 0 Å². The first-order valence-electron chi connectivity index (χ1n) is 6.26. The highest BCUT2D eigenvalue weighted by atomic mass is 79.9. The van der Waals surface area contributed by atoms with Gasteiger partial charge in [-0.3, -0.25) is 4.57 Å². The van der Waals surface area contributed by atoms with Crippen molar-refractivity contribution in [2.45, 2.75) is 19.7 Å². The molecule has 5 heteroatoms. The Morgan fingerprint density at radius 3 is 2.75 bits per heavy atom. The molecule has 0 bridgehead atoms. The van der Waals surface area contributed by atoms with E-state index < -0.39 is 0 Å². The maximum absolute atomic E-state index is 6.05. The molecule has 3 aromatic rings. The van der Waals surface area contributed by atoms with Crippen LogP contribution in [0.3, 0.4) is 0 Å². The van der Waals surface area contributed by atoms with E-state index in [4.69, 9.17) is 11.6 Å². The maximum atomic E-state index is 6.05. The van der Waals surface area contributed by atoms with Crippen LogP contribution in [-0.2, 0) is 5.88 Å². The van der Waals surface area contributed by atoms with E-state index in [1.807, 2.05) is 10.6 Å². The summed E-state index contributed by atoms with van der Waals surface area (Å²) in [6.07, 6.45) is 1.78. The number of fused-ring (bicyclic) bond motifs is 1. The van der Waals surface area contributed by atoms with Crippen molar-refractivity contribution in [2.75, 3.05) is 0 Å². The largest absolute Gasteiger partial charge is 0.279 e. The number of nitrogens with zero attached hydrogens (tertiary/aromatic N) is 3. The predicted molar refractivity (Wildman–Crippen MR) is 85.6 cm³/mol. The van der Waals surface area contributed by atoms with Crippen LogP contribution in [0.4, 0.5) is 0 Å². The number of hydrogen-bond acceptors (Lipinski definition) is 2. The second-order valence-electron chi connectivity index (χ2n) is 4.78. The third kappa shape index (κ3) is 2.23. The molecule has 3 rings (SSSR count). The smallest absolute Gasteiger partial charge is 0.164 e. The van der Waals surface area contributed by atoms with Gasteiger partial charge in [0, 0.05) is 10.7 Å². The molecule has 0 spiro atoms. The van der Waals surface area contributed by atoms with E-state index in [-0.39, 0.29) is 0 Å². The van der Waals surface area contributed by atoms with Crippen LogP contribution in [0.5, 0.6) is 0 Å². The summed E-state index contributed by atoms with van der Waals surface area (Å²) in [5.74, 6) is 1.15. The van der Waals surface area contributed by atoms with Crippen molar-refractivity contribution in [1.82, 2.24) is 14.5 Å². The van der Waals surface area contributed by atoms with Crippen LogP contribution in [0.2, 0.25) is 0 Å². The summed E-state index contributed by atoms with van der Waals surface area (Å²) in [5.41, 5.74) is 5.16. The molecule has 0 aliphatic heterocycles. The lowest BCUT2D eigenvalue weighted by molar-refractivity contribution is 0.959. The van der Waals surface area contributed by atoms with Crippen LogP contribution in [0, 0.1) is 13.8 Å². The van der Waals surface area contributed by atoms with Gasteiger partial charge in [-0.2, -0.15) is 0 Å². The van der Waals surface area contributed by atoms with Gasteiger partial charge in [0.2, 0.25) is 0 Å². The van der Waals surface area contributed by atoms with Crippen molar-refractivity contribution in [3.8, 4) is 5.69 Å². The maximum Gasteiger partial charge on any atom is 0.164 e. The number of benzene rings is 1. The summed E-state index contributed by atoms with van der Waals surface area (Å²) in [7, 11) is 0. The van der Waals surface area contributed by atoms with Crippen molar-refractivity contribution >= 4 is 38.7 Å². The van der Waals surface area contributed by atoms with Crippen molar-refractivity contribution in [2.24, 2.45) is 0 Å². The zero-order valence-corrected chi connectivity index (χ0v) is 13.5. The first kappa shape index (κ1) is 13.6. The molecular weight excluding hydrogens is 338 g/mol. The van der Waals surface area contributed by atoms with Crippen LogP contribution < -0.4 is 0 Å². The topological polar surface area (TPSA) is 30.7 Å². The average molecular weight is 351 g/mol. The van der Waals surface area contributed by atoms with Gasteiger partial charge in [-0.05, 0) is 47.5 Å². The standard InChI is InChI=1S/C15H13BrClN3/c1-9-3-4-13(10(2)5-9)20-14(7-17)19-12-6-11(16)8-18-15(12)20/h3-6,8H,7H2,1-2H3.